The fourth-order valence-corrected chi connectivity index (χ4v) is 5.77. The molecule has 0 bridgehead atoms. The van der Waals surface area contributed by atoms with Crippen LogP contribution in [0.2, 0.25) is 0 Å². The van der Waals surface area contributed by atoms with Gasteiger partial charge in [0.25, 0.3) is 11.8 Å². The lowest BCUT2D eigenvalue weighted by Crippen LogP contribution is -2.27. The van der Waals surface area contributed by atoms with Gasteiger partial charge in [0.15, 0.2) is 23.1 Å². The molecule has 9 nitrogen and oxygen atoms in total. The van der Waals surface area contributed by atoms with Gasteiger partial charge < -0.3 is 24.1 Å². The quantitative estimate of drug-likeness (QED) is 0.197. The van der Waals surface area contributed by atoms with Crippen molar-refractivity contribution in [1.29, 1.82) is 0 Å². The van der Waals surface area contributed by atoms with Crippen LogP contribution in [0.25, 0.3) is 22.2 Å². The Labute approximate surface area is 257 Å². The van der Waals surface area contributed by atoms with Crippen molar-refractivity contribution in [3.8, 4) is 34.3 Å². The minimum atomic E-state index is -0.752. The normalized spacial score (nSPS) is 13.2. The number of amides is 1. The Morgan fingerprint density at radius 3 is 2.40 bits per heavy atom. The van der Waals surface area contributed by atoms with Crippen molar-refractivity contribution in [2.45, 2.75) is 38.6 Å². The third-order valence-electron chi connectivity index (χ3n) is 8.02. The first-order valence-corrected chi connectivity index (χ1v) is 14.5. The standard InChI is InChI=1S/C34H30F2N4O5/c1-19-30(20-8-10-21(35)11-9-20)32(41)24(18-40(19)23-6-4-5-7-23)33(42)38-22-12-13-27(25(36)16-22)45-28-14-15-37-26-17-29(43-2)34(44-3)39-31(26)28/h8-18,23H,4-7H2,1-3H3,(H,38,42). The van der Waals surface area contributed by atoms with E-state index in [1.54, 1.807) is 18.3 Å². The summed E-state index contributed by atoms with van der Waals surface area (Å²) in [7, 11) is 2.93. The zero-order chi connectivity index (χ0) is 31.7. The van der Waals surface area contributed by atoms with Crippen LogP contribution in [0.5, 0.6) is 23.1 Å². The van der Waals surface area contributed by atoms with Crippen LogP contribution in [0.1, 0.15) is 47.8 Å². The molecule has 1 aliphatic carbocycles. The molecule has 0 saturated heterocycles. The Kier molecular flexibility index (Phi) is 8.16. The first kappa shape index (κ1) is 29.7. The maximum absolute atomic E-state index is 15.3. The number of carbonyl (C=O) groups excluding carboxylic acids is 1. The second-order valence-electron chi connectivity index (χ2n) is 10.8. The highest BCUT2D eigenvalue weighted by atomic mass is 19.1. The van der Waals surface area contributed by atoms with E-state index < -0.39 is 23.0 Å². The fraction of sp³-hybridized carbons (Fsp3) is 0.235. The summed E-state index contributed by atoms with van der Waals surface area (Å²) in [6.07, 6.45) is 7.01. The molecule has 1 fully saturated rings. The number of halogens is 2. The number of aromatic nitrogens is 3. The third kappa shape index (κ3) is 5.81. The highest BCUT2D eigenvalue weighted by molar-refractivity contribution is 6.04. The highest BCUT2D eigenvalue weighted by Gasteiger charge is 2.25. The van der Waals surface area contributed by atoms with Gasteiger partial charge in [0, 0.05) is 53.6 Å². The SMILES string of the molecule is COc1cc2nccc(Oc3ccc(NC(=O)c4cn(C5CCCC5)c(C)c(-c5ccc(F)cc5)c4=O)cc3F)c2nc1OC. The van der Waals surface area contributed by atoms with Gasteiger partial charge >= 0.3 is 0 Å². The van der Waals surface area contributed by atoms with E-state index in [4.69, 9.17) is 14.2 Å². The number of carbonyl (C=O) groups is 1. The molecule has 0 unspecified atom stereocenters. The fourth-order valence-electron chi connectivity index (χ4n) is 5.77. The predicted molar refractivity (Wildman–Crippen MR) is 165 cm³/mol. The molecule has 0 atom stereocenters. The number of benzene rings is 2. The molecule has 0 radical (unpaired) electrons. The molecule has 11 heteroatoms. The van der Waals surface area contributed by atoms with Gasteiger partial charge in [0.2, 0.25) is 5.43 Å². The number of pyridine rings is 3. The number of rotatable bonds is 8. The average molecular weight is 613 g/mol. The number of hydrogen-bond donors (Lipinski definition) is 1. The van der Waals surface area contributed by atoms with Crippen LogP contribution in [0.3, 0.4) is 0 Å². The van der Waals surface area contributed by atoms with E-state index in [1.165, 1.54) is 56.8 Å². The van der Waals surface area contributed by atoms with E-state index in [1.807, 2.05) is 11.5 Å². The van der Waals surface area contributed by atoms with Gasteiger partial charge in [-0.15, -0.1) is 0 Å². The van der Waals surface area contributed by atoms with Crippen molar-refractivity contribution in [1.82, 2.24) is 14.5 Å². The van der Waals surface area contributed by atoms with Crippen molar-refractivity contribution in [2.75, 3.05) is 19.5 Å². The van der Waals surface area contributed by atoms with Crippen LogP contribution in [0, 0.1) is 18.6 Å². The first-order valence-electron chi connectivity index (χ1n) is 14.5. The topological polar surface area (TPSA) is 105 Å². The Morgan fingerprint density at radius 2 is 1.71 bits per heavy atom. The number of fused-ring (bicyclic) bond motifs is 1. The molecule has 0 aliphatic heterocycles. The Hall–Kier alpha value is -5.32. The monoisotopic (exact) mass is 612 g/mol. The zero-order valence-electron chi connectivity index (χ0n) is 24.9. The molecule has 230 valence electrons. The van der Waals surface area contributed by atoms with Gasteiger partial charge in [0.05, 0.1) is 19.7 Å². The number of anilines is 1. The number of nitrogens with zero attached hydrogens (tertiary/aromatic N) is 3. The molecule has 3 aromatic heterocycles. The van der Waals surface area contributed by atoms with E-state index in [9.17, 15) is 14.0 Å². The molecular formula is C34H30F2N4O5. The van der Waals surface area contributed by atoms with E-state index in [0.717, 1.165) is 31.7 Å². The average Bonchev–Trinajstić information content (AvgIpc) is 3.57. The number of ether oxygens (including phenoxy) is 3. The van der Waals surface area contributed by atoms with Gasteiger partial charge in [-0.1, -0.05) is 25.0 Å². The maximum Gasteiger partial charge on any atom is 0.261 e. The minimum absolute atomic E-state index is 0.0914. The van der Waals surface area contributed by atoms with Crippen LogP contribution in [0.4, 0.5) is 14.5 Å². The molecule has 6 rings (SSSR count). The van der Waals surface area contributed by atoms with E-state index in [2.05, 4.69) is 15.3 Å². The molecule has 45 heavy (non-hydrogen) atoms. The van der Waals surface area contributed by atoms with Gasteiger partial charge in [-0.25, -0.2) is 13.8 Å². The number of methoxy groups -OCH3 is 2. The van der Waals surface area contributed by atoms with Crippen molar-refractivity contribution in [2.24, 2.45) is 0 Å². The summed E-state index contributed by atoms with van der Waals surface area (Å²) < 4.78 is 47.4. The summed E-state index contributed by atoms with van der Waals surface area (Å²) in [5.74, 6) is -1.15. The number of hydrogen-bond acceptors (Lipinski definition) is 7. The second-order valence-corrected chi connectivity index (χ2v) is 10.8. The lowest BCUT2D eigenvalue weighted by molar-refractivity contribution is 0.102. The minimum Gasteiger partial charge on any atom is -0.491 e. The maximum atomic E-state index is 15.3. The van der Waals surface area contributed by atoms with Gasteiger partial charge in [-0.3, -0.25) is 14.6 Å². The second kappa shape index (κ2) is 12.4. The molecule has 1 N–H and O–H groups in total. The Bertz CT molecular complexity index is 1970. The van der Waals surface area contributed by atoms with Gasteiger partial charge in [-0.05, 0) is 49.6 Å². The van der Waals surface area contributed by atoms with Crippen LogP contribution >= 0.6 is 0 Å². The number of nitrogens with one attached hydrogen (secondary N) is 1. The Balaban J connectivity index is 1.30. The van der Waals surface area contributed by atoms with Crippen molar-refractivity contribution in [3.63, 3.8) is 0 Å². The molecule has 0 spiro atoms. The van der Waals surface area contributed by atoms with Crippen LogP contribution in [-0.4, -0.2) is 34.7 Å². The molecule has 1 saturated carbocycles. The molecule has 1 amide bonds. The van der Waals surface area contributed by atoms with Gasteiger partial charge in [-0.2, -0.15) is 0 Å². The molecule has 1 aliphatic rings. The van der Waals surface area contributed by atoms with Crippen LogP contribution < -0.4 is 25.0 Å². The largest absolute Gasteiger partial charge is 0.491 e. The van der Waals surface area contributed by atoms with E-state index in [-0.39, 0.29) is 34.7 Å². The molecule has 5 aromatic rings. The Morgan fingerprint density at radius 1 is 0.956 bits per heavy atom. The summed E-state index contributed by atoms with van der Waals surface area (Å²) in [5, 5.41) is 2.65. The first-order chi connectivity index (χ1) is 21.8. The van der Waals surface area contributed by atoms with Crippen LogP contribution in [0.15, 0.2) is 71.8 Å². The summed E-state index contributed by atoms with van der Waals surface area (Å²) in [6, 6.07) is 12.9. The lowest BCUT2D eigenvalue weighted by Gasteiger charge is -2.22. The molecule has 3 heterocycles. The van der Waals surface area contributed by atoms with E-state index >= 15 is 4.39 Å². The molecule has 2 aromatic carbocycles. The zero-order valence-corrected chi connectivity index (χ0v) is 24.9. The summed E-state index contributed by atoms with van der Waals surface area (Å²) >= 11 is 0. The summed E-state index contributed by atoms with van der Waals surface area (Å²) in [4.78, 5) is 35.9. The van der Waals surface area contributed by atoms with Crippen molar-refractivity contribution < 1.29 is 27.8 Å². The highest BCUT2D eigenvalue weighted by Crippen LogP contribution is 2.36. The lowest BCUT2D eigenvalue weighted by atomic mass is 10.00. The molecular weight excluding hydrogens is 582 g/mol. The summed E-state index contributed by atoms with van der Waals surface area (Å²) in [6.45, 7) is 1.84. The predicted octanol–water partition coefficient (Wildman–Crippen LogP) is 7.22. The van der Waals surface area contributed by atoms with Crippen molar-refractivity contribution >= 4 is 22.6 Å². The van der Waals surface area contributed by atoms with Crippen LogP contribution in [-0.2, 0) is 0 Å². The van der Waals surface area contributed by atoms with Gasteiger partial charge in [0.1, 0.15) is 16.9 Å². The van der Waals surface area contributed by atoms with E-state index in [0.29, 0.717) is 33.6 Å². The smallest absolute Gasteiger partial charge is 0.261 e. The van der Waals surface area contributed by atoms with Crippen molar-refractivity contribution in [3.05, 3.63) is 100 Å². The third-order valence-corrected chi connectivity index (χ3v) is 8.02. The summed E-state index contributed by atoms with van der Waals surface area (Å²) in [5.41, 5.74) is 1.89.